The number of sulfonamides is 1. The van der Waals surface area contributed by atoms with Crippen LogP contribution in [0.2, 0.25) is 0 Å². The number of carbonyl (C=O) groups is 2. The fraction of sp³-hybridized carbons (Fsp3) is 0.286. The molecule has 7 nitrogen and oxygen atoms in total. The molecule has 0 aliphatic carbocycles. The molecule has 0 spiro atoms. The molecule has 0 aliphatic rings. The zero-order valence-corrected chi connectivity index (χ0v) is 22.0. The van der Waals surface area contributed by atoms with Gasteiger partial charge in [-0.1, -0.05) is 60.2 Å². The van der Waals surface area contributed by atoms with E-state index in [4.69, 9.17) is 0 Å². The van der Waals surface area contributed by atoms with Crippen LogP contribution in [0.4, 0.5) is 4.39 Å². The summed E-state index contributed by atoms with van der Waals surface area (Å²) < 4.78 is 40.8. The average Bonchev–Trinajstić information content (AvgIpc) is 2.88. The molecule has 0 aliphatic heterocycles. The normalized spacial score (nSPS) is 12.2. The largest absolute Gasteiger partial charge is 0.355 e. The molecule has 0 fully saturated rings. The lowest BCUT2D eigenvalue weighted by molar-refractivity contribution is -0.141. The first-order valence-electron chi connectivity index (χ1n) is 12.0. The molecule has 2 amide bonds. The Labute approximate surface area is 218 Å². The fourth-order valence-corrected chi connectivity index (χ4v) is 5.01. The van der Waals surface area contributed by atoms with E-state index in [-0.39, 0.29) is 23.8 Å². The Kier molecular flexibility index (Phi) is 9.54. The Morgan fingerprint density at radius 1 is 0.919 bits per heavy atom. The number of likely N-dealkylation sites (N-methyl/N-ethyl adjacent to an activating group) is 2. The smallest absolute Gasteiger partial charge is 0.243 e. The zero-order valence-electron chi connectivity index (χ0n) is 21.2. The van der Waals surface area contributed by atoms with Crippen LogP contribution in [0.3, 0.4) is 0 Å². The van der Waals surface area contributed by atoms with Crippen LogP contribution in [0.5, 0.6) is 0 Å². The van der Waals surface area contributed by atoms with E-state index in [0.717, 1.165) is 15.4 Å². The summed E-state index contributed by atoms with van der Waals surface area (Å²) in [7, 11) is -2.61. The molecule has 37 heavy (non-hydrogen) atoms. The number of hydrogen-bond donors (Lipinski definition) is 1. The number of carbonyl (C=O) groups excluding carboxylic acids is 2. The molecule has 1 N–H and O–H groups in total. The van der Waals surface area contributed by atoms with Crippen LogP contribution >= 0.6 is 0 Å². The van der Waals surface area contributed by atoms with Gasteiger partial charge in [0, 0.05) is 26.6 Å². The third-order valence-electron chi connectivity index (χ3n) is 5.98. The van der Waals surface area contributed by atoms with E-state index in [9.17, 15) is 22.4 Å². The number of hydrogen-bond acceptors (Lipinski definition) is 4. The summed E-state index contributed by atoms with van der Waals surface area (Å²) in [5.74, 6) is -1.32. The number of aryl methyl sites for hydroxylation is 1. The van der Waals surface area contributed by atoms with Crippen molar-refractivity contribution in [2.24, 2.45) is 0 Å². The lowest BCUT2D eigenvalue weighted by atomic mass is 10.0. The van der Waals surface area contributed by atoms with Crippen LogP contribution in [-0.4, -0.2) is 55.6 Å². The van der Waals surface area contributed by atoms with Crippen molar-refractivity contribution in [3.05, 3.63) is 101 Å². The molecule has 196 valence electrons. The number of halogens is 1. The predicted octanol–water partition coefficient (Wildman–Crippen LogP) is 3.53. The van der Waals surface area contributed by atoms with Gasteiger partial charge in [0.15, 0.2) is 0 Å². The van der Waals surface area contributed by atoms with Crippen LogP contribution in [0.1, 0.15) is 23.6 Å². The SMILES string of the molecule is CCNC(=O)[C@@H](Cc1ccccc1)N(Cc1ccc(F)cc1)C(=O)CN(C)S(=O)(=O)c1ccc(C)cc1. The predicted molar refractivity (Wildman–Crippen MR) is 141 cm³/mol. The highest BCUT2D eigenvalue weighted by Crippen LogP contribution is 2.18. The van der Waals surface area contributed by atoms with Crippen LogP contribution in [0.15, 0.2) is 83.8 Å². The maximum atomic E-state index is 13.7. The molecule has 0 heterocycles. The van der Waals surface area contributed by atoms with Crippen LogP contribution in [0, 0.1) is 12.7 Å². The first-order chi connectivity index (χ1) is 17.6. The Balaban J connectivity index is 1.94. The number of nitrogens with one attached hydrogen (secondary N) is 1. The van der Waals surface area contributed by atoms with E-state index in [1.807, 2.05) is 37.3 Å². The fourth-order valence-electron chi connectivity index (χ4n) is 3.89. The van der Waals surface area contributed by atoms with Gasteiger partial charge >= 0.3 is 0 Å². The van der Waals surface area contributed by atoms with Gasteiger partial charge in [0.25, 0.3) is 0 Å². The van der Waals surface area contributed by atoms with Gasteiger partial charge in [-0.2, -0.15) is 4.31 Å². The third-order valence-corrected chi connectivity index (χ3v) is 7.79. The highest BCUT2D eigenvalue weighted by atomic mass is 32.2. The molecule has 9 heteroatoms. The molecule has 0 aromatic heterocycles. The van der Waals surface area contributed by atoms with Gasteiger partial charge in [-0.05, 0) is 49.2 Å². The summed E-state index contributed by atoms with van der Waals surface area (Å²) in [6, 6.07) is 20.4. The van der Waals surface area contributed by atoms with Crippen LogP contribution in [0.25, 0.3) is 0 Å². The Morgan fingerprint density at radius 2 is 1.54 bits per heavy atom. The van der Waals surface area contributed by atoms with Gasteiger partial charge in [-0.25, -0.2) is 12.8 Å². The van der Waals surface area contributed by atoms with E-state index in [1.165, 1.54) is 36.2 Å². The second-order valence-corrected chi connectivity index (χ2v) is 10.9. The number of benzene rings is 3. The van der Waals surface area contributed by atoms with Gasteiger partial charge in [0.2, 0.25) is 21.8 Å². The van der Waals surface area contributed by atoms with Gasteiger partial charge in [-0.3, -0.25) is 9.59 Å². The first kappa shape index (κ1) is 28.0. The van der Waals surface area contributed by atoms with Crippen LogP contribution in [-0.2, 0) is 32.6 Å². The minimum absolute atomic E-state index is 0.00612. The summed E-state index contributed by atoms with van der Waals surface area (Å²) in [6.45, 7) is 3.54. The van der Waals surface area contributed by atoms with E-state index < -0.39 is 34.3 Å². The molecular weight excluding hydrogens is 493 g/mol. The summed E-state index contributed by atoms with van der Waals surface area (Å²) in [4.78, 5) is 28.3. The molecule has 3 aromatic rings. The Bertz CT molecular complexity index is 1300. The topological polar surface area (TPSA) is 86.8 Å². The van der Waals surface area contributed by atoms with Crippen molar-refractivity contribution in [3.63, 3.8) is 0 Å². The van der Waals surface area contributed by atoms with Crippen molar-refractivity contribution >= 4 is 21.8 Å². The molecule has 0 unspecified atom stereocenters. The minimum atomic E-state index is -3.94. The van der Waals surface area contributed by atoms with Crippen LogP contribution < -0.4 is 5.32 Å². The third kappa shape index (κ3) is 7.47. The number of amides is 2. The molecule has 0 saturated carbocycles. The quantitative estimate of drug-likeness (QED) is 0.415. The summed E-state index contributed by atoms with van der Waals surface area (Å²) >= 11 is 0. The first-order valence-corrected chi connectivity index (χ1v) is 13.4. The lowest BCUT2D eigenvalue weighted by Crippen LogP contribution is -2.53. The Morgan fingerprint density at radius 3 is 2.14 bits per heavy atom. The molecular formula is C28H32FN3O4S. The Hall–Kier alpha value is -3.56. The van der Waals surface area contributed by atoms with Gasteiger partial charge in [0.1, 0.15) is 11.9 Å². The molecule has 1 atom stereocenters. The van der Waals surface area contributed by atoms with E-state index in [2.05, 4.69) is 5.32 Å². The highest BCUT2D eigenvalue weighted by molar-refractivity contribution is 7.89. The van der Waals surface area contributed by atoms with Crippen molar-refractivity contribution < 1.29 is 22.4 Å². The molecule has 3 rings (SSSR count). The number of nitrogens with zero attached hydrogens (tertiary/aromatic N) is 2. The van der Waals surface area contributed by atoms with Crippen molar-refractivity contribution in [2.45, 2.75) is 37.8 Å². The molecule has 0 radical (unpaired) electrons. The van der Waals surface area contributed by atoms with Crippen molar-refractivity contribution in [3.8, 4) is 0 Å². The van der Waals surface area contributed by atoms with E-state index in [1.54, 1.807) is 31.2 Å². The monoisotopic (exact) mass is 525 g/mol. The molecule has 0 saturated heterocycles. The van der Waals surface area contributed by atoms with E-state index in [0.29, 0.717) is 12.1 Å². The average molecular weight is 526 g/mol. The van der Waals surface area contributed by atoms with E-state index >= 15 is 0 Å². The van der Waals surface area contributed by atoms with Gasteiger partial charge < -0.3 is 10.2 Å². The zero-order chi connectivity index (χ0) is 27.0. The second-order valence-electron chi connectivity index (χ2n) is 8.82. The van der Waals surface area contributed by atoms with Gasteiger partial charge in [-0.15, -0.1) is 0 Å². The highest BCUT2D eigenvalue weighted by Gasteiger charge is 2.32. The standard InChI is InChI=1S/C28H32FN3O4S/c1-4-30-28(34)26(18-22-8-6-5-7-9-22)32(19-23-12-14-24(29)15-13-23)27(33)20-31(3)37(35,36)25-16-10-21(2)11-17-25/h5-17,26H,4,18-20H2,1-3H3,(H,30,34)/t26-/m1/s1. The minimum Gasteiger partial charge on any atom is -0.355 e. The van der Waals surface area contributed by atoms with Crippen molar-refractivity contribution in [1.29, 1.82) is 0 Å². The lowest BCUT2D eigenvalue weighted by Gasteiger charge is -2.32. The van der Waals surface area contributed by atoms with Crippen molar-refractivity contribution in [1.82, 2.24) is 14.5 Å². The van der Waals surface area contributed by atoms with Crippen molar-refractivity contribution in [2.75, 3.05) is 20.1 Å². The maximum absolute atomic E-state index is 13.7. The van der Waals surface area contributed by atoms with Gasteiger partial charge in [0.05, 0.1) is 11.4 Å². The summed E-state index contributed by atoms with van der Waals surface area (Å²) in [5, 5.41) is 2.79. The molecule has 3 aromatic carbocycles. The second kappa shape index (κ2) is 12.6. The summed E-state index contributed by atoms with van der Waals surface area (Å²) in [6.07, 6.45) is 0.230. The summed E-state index contributed by atoms with van der Waals surface area (Å²) in [5.41, 5.74) is 2.37. The maximum Gasteiger partial charge on any atom is 0.243 e. The number of rotatable bonds is 11. The molecule has 0 bridgehead atoms.